The maximum absolute atomic E-state index is 3.70. The summed E-state index contributed by atoms with van der Waals surface area (Å²) in [6, 6.07) is 5.33. The van der Waals surface area contributed by atoms with E-state index in [0.717, 1.165) is 0 Å². The van der Waals surface area contributed by atoms with Gasteiger partial charge in [-0.15, -0.1) is 0 Å². The van der Waals surface area contributed by atoms with Crippen LogP contribution >= 0.6 is 0 Å². The summed E-state index contributed by atoms with van der Waals surface area (Å²) in [5.74, 6) is 0. The zero-order valence-corrected chi connectivity index (χ0v) is 11.5. The van der Waals surface area contributed by atoms with E-state index in [2.05, 4.69) is 38.2 Å². The molecule has 1 aromatic carbocycles. The predicted octanol–water partition coefficient (Wildman–Crippen LogP) is 3.69. The van der Waals surface area contributed by atoms with Gasteiger partial charge < -0.3 is 5.32 Å². The number of aryl methyl sites for hydroxylation is 3. The Morgan fingerprint density at radius 1 is 1.06 bits per heavy atom. The smallest absolute Gasteiger partial charge is 0.0108 e. The molecule has 0 aromatic heterocycles. The first kappa shape index (κ1) is 12.6. The molecule has 17 heavy (non-hydrogen) atoms. The third-order valence-electron chi connectivity index (χ3n) is 3.95. The molecule has 1 heteroatoms. The second-order valence-electron chi connectivity index (χ2n) is 5.58. The molecule has 1 heterocycles. The van der Waals surface area contributed by atoms with Crippen molar-refractivity contribution in [1.29, 1.82) is 0 Å². The molecule has 1 aliphatic heterocycles. The van der Waals surface area contributed by atoms with E-state index in [4.69, 9.17) is 0 Å². The average Bonchev–Trinajstić information content (AvgIpc) is 2.51. The largest absolute Gasteiger partial charge is 0.314 e. The Morgan fingerprint density at radius 3 is 2.47 bits per heavy atom. The van der Waals surface area contributed by atoms with Crippen LogP contribution in [0.25, 0.3) is 0 Å². The zero-order valence-electron chi connectivity index (χ0n) is 11.5. The van der Waals surface area contributed by atoms with Crippen LogP contribution in [0.4, 0.5) is 0 Å². The summed E-state index contributed by atoms with van der Waals surface area (Å²) in [5.41, 5.74) is 5.88. The van der Waals surface area contributed by atoms with Crippen LogP contribution in [0.2, 0.25) is 0 Å². The van der Waals surface area contributed by atoms with E-state index < -0.39 is 0 Å². The average molecular weight is 231 g/mol. The molecule has 1 fully saturated rings. The fraction of sp³-hybridized carbons (Fsp3) is 0.625. The molecule has 0 amide bonds. The van der Waals surface area contributed by atoms with Crippen molar-refractivity contribution >= 4 is 0 Å². The van der Waals surface area contributed by atoms with E-state index in [0.29, 0.717) is 6.04 Å². The highest BCUT2D eigenvalue weighted by molar-refractivity contribution is 5.38. The van der Waals surface area contributed by atoms with Crippen molar-refractivity contribution in [3.8, 4) is 0 Å². The maximum atomic E-state index is 3.70. The number of hydrogen-bond acceptors (Lipinski definition) is 1. The molecule has 2 rings (SSSR count). The SMILES string of the molecule is Cc1cc(C)c(CC2CCCCCN2)c(C)c1. The first-order valence-corrected chi connectivity index (χ1v) is 6.97. The van der Waals surface area contributed by atoms with Crippen LogP contribution in [0.5, 0.6) is 0 Å². The molecular weight excluding hydrogens is 206 g/mol. The topological polar surface area (TPSA) is 12.0 Å². The summed E-state index contributed by atoms with van der Waals surface area (Å²) >= 11 is 0. The second kappa shape index (κ2) is 5.68. The molecule has 0 aliphatic carbocycles. The Kier molecular flexibility index (Phi) is 4.22. The quantitative estimate of drug-likeness (QED) is 0.818. The molecule has 0 bridgehead atoms. The van der Waals surface area contributed by atoms with Crippen LogP contribution in [0.15, 0.2) is 12.1 Å². The van der Waals surface area contributed by atoms with Crippen LogP contribution in [0, 0.1) is 20.8 Å². The van der Waals surface area contributed by atoms with Gasteiger partial charge in [0.2, 0.25) is 0 Å². The van der Waals surface area contributed by atoms with Crippen molar-refractivity contribution in [3.63, 3.8) is 0 Å². The van der Waals surface area contributed by atoms with E-state index in [1.54, 1.807) is 5.56 Å². The lowest BCUT2D eigenvalue weighted by atomic mass is 9.93. The molecule has 1 nitrogen and oxygen atoms in total. The van der Waals surface area contributed by atoms with Crippen LogP contribution in [-0.2, 0) is 6.42 Å². The van der Waals surface area contributed by atoms with E-state index in [9.17, 15) is 0 Å². The fourth-order valence-corrected chi connectivity index (χ4v) is 3.05. The lowest BCUT2D eigenvalue weighted by Gasteiger charge is -2.19. The lowest BCUT2D eigenvalue weighted by Crippen LogP contribution is -2.30. The lowest BCUT2D eigenvalue weighted by molar-refractivity contribution is 0.506. The molecular formula is C16H25N. The Balaban J connectivity index is 2.11. The summed E-state index contributed by atoms with van der Waals surface area (Å²) in [5, 5.41) is 3.70. The van der Waals surface area contributed by atoms with Crippen molar-refractivity contribution < 1.29 is 0 Å². The van der Waals surface area contributed by atoms with E-state index in [-0.39, 0.29) is 0 Å². The molecule has 1 saturated heterocycles. The summed E-state index contributed by atoms with van der Waals surface area (Å²) in [7, 11) is 0. The van der Waals surface area contributed by atoms with E-state index in [1.165, 1.54) is 55.3 Å². The highest BCUT2D eigenvalue weighted by Gasteiger charge is 2.14. The highest BCUT2D eigenvalue weighted by Crippen LogP contribution is 2.20. The van der Waals surface area contributed by atoms with Crippen molar-refractivity contribution in [1.82, 2.24) is 5.32 Å². The van der Waals surface area contributed by atoms with Crippen LogP contribution in [0.3, 0.4) is 0 Å². The molecule has 1 aromatic rings. The molecule has 0 saturated carbocycles. The van der Waals surface area contributed by atoms with Gasteiger partial charge in [0.25, 0.3) is 0 Å². The fourth-order valence-electron chi connectivity index (χ4n) is 3.05. The Morgan fingerprint density at radius 2 is 1.76 bits per heavy atom. The normalized spacial score (nSPS) is 21.2. The van der Waals surface area contributed by atoms with Gasteiger partial charge in [0.1, 0.15) is 0 Å². The van der Waals surface area contributed by atoms with Gasteiger partial charge in [-0.05, 0) is 63.3 Å². The Bertz CT molecular complexity index is 350. The molecule has 1 N–H and O–H groups in total. The van der Waals surface area contributed by atoms with Crippen LogP contribution in [0.1, 0.15) is 47.9 Å². The van der Waals surface area contributed by atoms with Crippen molar-refractivity contribution in [2.75, 3.05) is 6.54 Å². The van der Waals surface area contributed by atoms with Gasteiger partial charge in [-0.2, -0.15) is 0 Å². The first-order chi connectivity index (χ1) is 8.16. The molecule has 1 atom stereocenters. The van der Waals surface area contributed by atoms with Gasteiger partial charge in [0.15, 0.2) is 0 Å². The van der Waals surface area contributed by atoms with Crippen LogP contribution in [-0.4, -0.2) is 12.6 Å². The minimum absolute atomic E-state index is 0.692. The van der Waals surface area contributed by atoms with Crippen LogP contribution < -0.4 is 5.32 Å². The molecule has 1 unspecified atom stereocenters. The van der Waals surface area contributed by atoms with Gasteiger partial charge in [-0.25, -0.2) is 0 Å². The number of rotatable bonds is 2. The van der Waals surface area contributed by atoms with Gasteiger partial charge >= 0.3 is 0 Å². The highest BCUT2D eigenvalue weighted by atomic mass is 14.9. The van der Waals surface area contributed by atoms with E-state index >= 15 is 0 Å². The standard InChI is InChI=1S/C16H25N/c1-12-9-13(2)16(14(3)10-12)11-15-7-5-4-6-8-17-15/h9-10,15,17H,4-8,11H2,1-3H3. The van der Waals surface area contributed by atoms with Crippen molar-refractivity contribution in [3.05, 3.63) is 34.4 Å². The maximum Gasteiger partial charge on any atom is 0.0108 e. The number of benzene rings is 1. The Hall–Kier alpha value is -0.820. The summed E-state index contributed by atoms with van der Waals surface area (Å²) in [6.07, 6.45) is 6.68. The van der Waals surface area contributed by atoms with Crippen molar-refractivity contribution in [2.45, 2.75) is 58.9 Å². The monoisotopic (exact) mass is 231 g/mol. The third kappa shape index (κ3) is 3.32. The number of nitrogens with one attached hydrogen (secondary N) is 1. The van der Waals surface area contributed by atoms with Gasteiger partial charge in [-0.3, -0.25) is 0 Å². The van der Waals surface area contributed by atoms with Crippen molar-refractivity contribution in [2.24, 2.45) is 0 Å². The summed E-state index contributed by atoms with van der Waals surface area (Å²) < 4.78 is 0. The molecule has 0 radical (unpaired) electrons. The Labute approximate surface area is 106 Å². The summed E-state index contributed by atoms with van der Waals surface area (Å²) in [4.78, 5) is 0. The van der Waals surface area contributed by atoms with Gasteiger partial charge in [-0.1, -0.05) is 30.5 Å². The van der Waals surface area contributed by atoms with Gasteiger partial charge in [0, 0.05) is 6.04 Å². The minimum Gasteiger partial charge on any atom is -0.314 e. The number of hydrogen-bond donors (Lipinski definition) is 1. The van der Waals surface area contributed by atoms with Gasteiger partial charge in [0.05, 0.1) is 0 Å². The van der Waals surface area contributed by atoms with E-state index in [1.807, 2.05) is 0 Å². The molecule has 0 spiro atoms. The summed E-state index contributed by atoms with van der Waals surface area (Å²) in [6.45, 7) is 7.90. The molecule has 94 valence electrons. The predicted molar refractivity (Wildman–Crippen MR) is 74.6 cm³/mol. The second-order valence-corrected chi connectivity index (χ2v) is 5.58. The first-order valence-electron chi connectivity index (χ1n) is 6.97. The molecule has 1 aliphatic rings. The minimum atomic E-state index is 0.692. The third-order valence-corrected chi connectivity index (χ3v) is 3.95. The zero-order chi connectivity index (χ0) is 12.3.